The third-order valence-corrected chi connectivity index (χ3v) is 5.36. The fourth-order valence-corrected chi connectivity index (χ4v) is 4.03. The molecule has 0 aromatic carbocycles. The van der Waals surface area contributed by atoms with Crippen molar-refractivity contribution in [2.24, 2.45) is 0 Å². The zero-order valence-electron chi connectivity index (χ0n) is 12.2. The third kappa shape index (κ3) is 6.85. The summed E-state index contributed by atoms with van der Waals surface area (Å²) < 4.78 is 22.7. The number of hydrogen-bond donors (Lipinski definition) is 0. The molecule has 0 bridgehead atoms. The van der Waals surface area contributed by atoms with Gasteiger partial charge in [-0.3, -0.25) is 0 Å². The van der Waals surface area contributed by atoms with Gasteiger partial charge in [-0.15, -0.1) is 0 Å². The Kier molecular flexibility index (Phi) is 8.09. The fraction of sp³-hybridized carbons (Fsp3) is 1.00. The number of ether oxygens (including phenoxy) is 2. The van der Waals surface area contributed by atoms with Crippen molar-refractivity contribution in [3.63, 3.8) is 0 Å². The van der Waals surface area contributed by atoms with Crippen LogP contribution in [0.1, 0.15) is 40.5 Å². The first-order valence-corrected chi connectivity index (χ1v) is 8.95. The molecule has 0 N–H and O–H groups in total. The zero-order chi connectivity index (χ0) is 13.4. The molecule has 0 aromatic heterocycles. The Morgan fingerprint density at radius 3 is 2.28 bits per heavy atom. The summed E-state index contributed by atoms with van der Waals surface area (Å²) in [5.41, 5.74) is 0. The van der Waals surface area contributed by atoms with Crippen molar-refractivity contribution in [1.29, 1.82) is 0 Å². The van der Waals surface area contributed by atoms with E-state index in [4.69, 9.17) is 18.3 Å². The van der Waals surface area contributed by atoms with Crippen LogP contribution in [0.3, 0.4) is 0 Å². The first kappa shape index (κ1) is 16.1. The van der Waals surface area contributed by atoms with E-state index in [1.54, 1.807) is 0 Å². The molecular weight excluding hydrogens is 248 g/mol. The molecule has 0 amide bonds. The lowest BCUT2D eigenvalue weighted by atomic mass is 10.2. The molecule has 1 rings (SSSR count). The minimum Gasteiger partial charge on any atom is -0.397 e. The van der Waals surface area contributed by atoms with Crippen LogP contribution in [0.5, 0.6) is 0 Å². The van der Waals surface area contributed by atoms with Crippen LogP contribution in [0.15, 0.2) is 0 Å². The summed E-state index contributed by atoms with van der Waals surface area (Å²) >= 11 is 0. The summed E-state index contributed by atoms with van der Waals surface area (Å²) in [5, 5.41) is 0. The quantitative estimate of drug-likeness (QED) is 0.429. The molecule has 1 fully saturated rings. The molecule has 108 valence electrons. The average Bonchev–Trinajstić information content (AvgIpc) is 3.12. The third-order valence-electron chi connectivity index (χ3n) is 3.04. The lowest BCUT2D eigenvalue weighted by Gasteiger charge is -2.24. The normalized spacial score (nSPS) is 22.2. The van der Waals surface area contributed by atoms with Crippen LogP contribution in [0.2, 0.25) is 6.04 Å². The molecule has 18 heavy (non-hydrogen) atoms. The van der Waals surface area contributed by atoms with Gasteiger partial charge in [-0.05, 0) is 27.2 Å². The molecular formula is C13H28O4Si. The van der Waals surface area contributed by atoms with Gasteiger partial charge in [-0.25, -0.2) is 0 Å². The van der Waals surface area contributed by atoms with Gasteiger partial charge in [0.2, 0.25) is 0 Å². The summed E-state index contributed by atoms with van der Waals surface area (Å²) in [6.45, 7) is 10.7. The van der Waals surface area contributed by atoms with Crippen LogP contribution in [-0.4, -0.2) is 47.4 Å². The topological polar surface area (TPSA) is 40.2 Å². The molecule has 3 unspecified atom stereocenters. The molecule has 0 aliphatic carbocycles. The van der Waals surface area contributed by atoms with E-state index in [-0.39, 0.29) is 12.2 Å². The van der Waals surface area contributed by atoms with E-state index in [0.717, 1.165) is 38.7 Å². The van der Waals surface area contributed by atoms with Gasteiger partial charge in [0.25, 0.3) is 0 Å². The van der Waals surface area contributed by atoms with E-state index in [1.807, 2.05) is 13.8 Å². The lowest BCUT2D eigenvalue weighted by Crippen LogP contribution is -2.31. The molecule has 0 spiro atoms. The van der Waals surface area contributed by atoms with E-state index in [9.17, 15) is 0 Å². The Balaban J connectivity index is 2.27. The SMILES string of the molecule is CCO[SiH](CC(CC)OC(C)CC1CO1)OCC. The molecule has 1 saturated heterocycles. The monoisotopic (exact) mass is 276 g/mol. The van der Waals surface area contributed by atoms with E-state index < -0.39 is 9.28 Å². The van der Waals surface area contributed by atoms with Crippen molar-refractivity contribution in [2.75, 3.05) is 19.8 Å². The van der Waals surface area contributed by atoms with Crippen LogP contribution < -0.4 is 0 Å². The zero-order valence-corrected chi connectivity index (χ0v) is 13.3. The van der Waals surface area contributed by atoms with Crippen molar-refractivity contribution >= 4 is 9.28 Å². The summed E-state index contributed by atoms with van der Waals surface area (Å²) in [7, 11) is -1.54. The van der Waals surface area contributed by atoms with E-state index in [1.165, 1.54) is 0 Å². The molecule has 0 radical (unpaired) electrons. The summed E-state index contributed by atoms with van der Waals surface area (Å²) in [6.07, 6.45) is 2.98. The highest BCUT2D eigenvalue weighted by Crippen LogP contribution is 2.20. The summed E-state index contributed by atoms with van der Waals surface area (Å²) in [5.74, 6) is 0. The molecule has 0 aromatic rings. The molecule has 1 aliphatic rings. The van der Waals surface area contributed by atoms with Crippen LogP contribution in [-0.2, 0) is 18.3 Å². The molecule has 0 saturated carbocycles. The van der Waals surface area contributed by atoms with Gasteiger partial charge in [0.05, 0.1) is 24.9 Å². The maximum Gasteiger partial charge on any atom is 0.324 e. The minimum atomic E-state index is -1.54. The van der Waals surface area contributed by atoms with E-state index in [2.05, 4.69) is 13.8 Å². The number of hydrogen-bond acceptors (Lipinski definition) is 4. The van der Waals surface area contributed by atoms with Crippen molar-refractivity contribution in [3.05, 3.63) is 0 Å². The summed E-state index contributed by atoms with van der Waals surface area (Å²) in [6, 6.07) is 0.939. The first-order chi connectivity index (χ1) is 8.69. The second-order valence-electron chi connectivity index (χ2n) is 4.74. The van der Waals surface area contributed by atoms with Gasteiger partial charge in [0.15, 0.2) is 0 Å². The van der Waals surface area contributed by atoms with Gasteiger partial charge in [-0.1, -0.05) is 6.92 Å². The molecule has 3 atom stereocenters. The highest BCUT2D eigenvalue weighted by molar-refractivity contribution is 6.44. The number of rotatable bonds is 11. The fourth-order valence-electron chi connectivity index (χ4n) is 2.05. The van der Waals surface area contributed by atoms with Crippen molar-refractivity contribution < 1.29 is 18.3 Å². The number of epoxide rings is 1. The highest BCUT2D eigenvalue weighted by Gasteiger charge is 2.27. The van der Waals surface area contributed by atoms with E-state index >= 15 is 0 Å². The predicted octanol–water partition coefficient (Wildman–Crippen LogP) is 2.25. The molecule has 1 aliphatic heterocycles. The predicted molar refractivity (Wildman–Crippen MR) is 74.2 cm³/mol. The van der Waals surface area contributed by atoms with Crippen LogP contribution in [0, 0.1) is 0 Å². The van der Waals surface area contributed by atoms with Gasteiger partial charge in [-0.2, -0.15) is 0 Å². The van der Waals surface area contributed by atoms with Crippen molar-refractivity contribution in [1.82, 2.24) is 0 Å². The Hall–Kier alpha value is 0.0569. The second kappa shape index (κ2) is 9.04. The Morgan fingerprint density at radius 2 is 1.83 bits per heavy atom. The second-order valence-corrected chi connectivity index (χ2v) is 6.74. The maximum absolute atomic E-state index is 6.07. The van der Waals surface area contributed by atoms with Gasteiger partial charge >= 0.3 is 9.28 Å². The van der Waals surface area contributed by atoms with Gasteiger partial charge < -0.3 is 18.3 Å². The van der Waals surface area contributed by atoms with E-state index in [0.29, 0.717) is 6.10 Å². The molecule has 4 nitrogen and oxygen atoms in total. The first-order valence-electron chi connectivity index (χ1n) is 7.19. The highest BCUT2D eigenvalue weighted by atomic mass is 28.3. The van der Waals surface area contributed by atoms with Crippen LogP contribution >= 0.6 is 0 Å². The standard InChI is InChI=1S/C13H28O4Si/c1-5-12(10-18(15-6-2)16-7-3)17-11(4)8-13-9-14-13/h11-13,18H,5-10H2,1-4H3. The van der Waals surface area contributed by atoms with Crippen LogP contribution in [0.25, 0.3) is 0 Å². The Morgan fingerprint density at radius 1 is 1.22 bits per heavy atom. The molecule has 1 heterocycles. The smallest absolute Gasteiger partial charge is 0.324 e. The van der Waals surface area contributed by atoms with Crippen LogP contribution in [0.4, 0.5) is 0 Å². The molecule has 5 heteroatoms. The largest absolute Gasteiger partial charge is 0.397 e. The minimum absolute atomic E-state index is 0.258. The van der Waals surface area contributed by atoms with Crippen molar-refractivity contribution in [2.45, 2.75) is 64.9 Å². The lowest BCUT2D eigenvalue weighted by molar-refractivity contribution is -0.00526. The average molecular weight is 276 g/mol. The Bertz CT molecular complexity index is 205. The van der Waals surface area contributed by atoms with Gasteiger partial charge in [0.1, 0.15) is 0 Å². The summed E-state index contributed by atoms with van der Waals surface area (Å²) in [4.78, 5) is 0. The Labute approximate surface area is 113 Å². The van der Waals surface area contributed by atoms with Crippen molar-refractivity contribution in [3.8, 4) is 0 Å². The maximum atomic E-state index is 6.07. The van der Waals surface area contributed by atoms with Gasteiger partial charge in [0, 0.05) is 25.7 Å².